The second-order valence-electron chi connectivity index (χ2n) is 3.96. The molecule has 0 atom stereocenters. The van der Waals surface area contributed by atoms with Crippen LogP contribution in [0.5, 0.6) is 0 Å². The molecule has 2 aromatic carbocycles. The van der Waals surface area contributed by atoms with Crippen molar-refractivity contribution in [2.75, 3.05) is 0 Å². The molecule has 0 fully saturated rings. The van der Waals surface area contributed by atoms with Crippen LogP contribution in [0.1, 0.15) is 0 Å². The number of nitrogens with zero attached hydrogens (tertiary/aromatic N) is 1. The molecule has 3 rings (SSSR count). The molecule has 1 aromatic heterocycles. The molecule has 82 valence electrons. The Morgan fingerprint density at radius 2 is 1.71 bits per heavy atom. The van der Waals surface area contributed by atoms with Crippen LogP contribution in [-0.4, -0.2) is 22.2 Å². The van der Waals surface area contributed by atoms with Gasteiger partial charge in [0, 0.05) is 11.6 Å². The molecule has 3 nitrogen and oxygen atoms in total. The van der Waals surface area contributed by atoms with Gasteiger partial charge in [0.15, 0.2) is 0 Å². The van der Waals surface area contributed by atoms with Gasteiger partial charge in [0.1, 0.15) is 0 Å². The first kappa shape index (κ1) is 10.3. The summed E-state index contributed by atoms with van der Waals surface area (Å²) in [5.74, 6) is 0. The Kier molecular flexibility index (Phi) is 2.32. The monoisotopic (exact) mass is 223 g/mol. The third-order valence-electron chi connectivity index (χ3n) is 2.93. The van der Waals surface area contributed by atoms with Crippen molar-refractivity contribution in [1.82, 2.24) is 4.98 Å². The fourth-order valence-electron chi connectivity index (χ4n) is 2.20. The van der Waals surface area contributed by atoms with Crippen molar-refractivity contribution in [2.24, 2.45) is 0 Å². The minimum Gasteiger partial charge on any atom is -0.423 e. The molecule has 0 radical (unpaired) electrons. The van der Waals surface area contributed by atoms with E-state index in [1.807, 2.05) is 36.4 Å². The Morgan fingerprint density at radius 1 is 0.941 bits per heavy atom. The molecule has 0 amide bonds. The summed E-state index contributed by atoms with van der Waals surface area (Å²) in [6.07, 6.45) is 1.70. The molecular formula is C13H10BNO2. The van der Waals surface area contributed by atoms with Gasteiger partial charge in [-0.25, -0.2) is 0 Å². The van der Waals surface area contributed by atoms with Crippen molar-refractivity contribution in [3.8, 4) is 0 Å². The normalized spacial score (nSPS) is 10.9. The summed E-state index contributed by atoms with van der Waals surface area (Å²) >= 11 is 0. The van der Waals surface area contributed by atoms with E-state index < -0.39 is 7.12 Å². The van der Waals surface area contributed by atoms with E-state index in [0.29, 0.717) is 5.46 Å². The van der Waals surface area contributed by atoms with Crippen molar-refractivity contribution in [3.63, 3.8) is 0 Å². The van der Waals surface area contributed by atoms with Crippen LogP contribution in [0.25, 0.3) is 21.7 Å². The second kappa shape index (κ2) is 3.84. The third-order valence-corrected chi connectivity index (χ3v) is 2.93. The number of rotatable bonds is 1. The fourth-order valence-corrected chi connectivity index (χ4v) is 2.20. The standard InChI is InChI=1S/C13H10BNO2/c16-14(17)13-10-5-2-1-4-9(10)8-12-11(13)6-3-7-15-12/h1-8,16-17H. The first-order valence-corrected chi connectivity index (χ1v) is 5.40. The lowest BCUT2D eigenvalue weighted by Gasteiger charge is -2.09. The molecule has 0 saturated carbocycles. The van der Waals surface area contributed by atoms with Gasteiger partial charge in [0.25, 0.3) is 0 Å². The molecule has 0 unspecified atom stereocenters. The smallest absolute Gasteiger partial charge is 0.423 e. The van der Waals surface area contributed by atoms with Crippen molar-refractivity contribution in [1.29, 1.82) is 0 Å². The summed E-state index contributed by atoms with van der Waals surface area (Å²) < 4.78 is 0. The average molecular weight is 223 g/mol. The molecule has 0 aliphatic heterocycles. The summed E-state index contributed by atoms with van der Waals surface area (Å²) in [6.45, 7) is 0. The number of hydrogen-bond donors (Lipinski definition) is 2. The highest BCUT2D eigenvalue weighted by Crippen LogP contribution is 2.19. The highest BCUT2D eigenvalue weighted by Gasteiger charge is 2.18. The lowest BCUT2D eigenvalue weighted by Crippen LogP contribution is -2.31. The van der Waals surface area contributed by atoms with Crippen LogP contribution in [0.4, 0.5) is 0 Å². The van der Waals surface area contributed by atoms with Gasteiger partial charge in [-0.3, -0.25) is 4.98 Å². The zero-order valence-corrected chi connectivity index (χ0v) is 9.04. The van der Waals surface area contributed by atoms with Crippen LogP contribution in [0.3, 0.4) is 0 Å². The van der Waals surface area contributed by atoms with E-state index in [1.165, 1.54) is 0 Å². The molecule has 0 aliphatic carbocycles. The van der Waals surface area contributed by atoms with E-state index >= 15 is 0 Å². The van der Waals surface area contributed by atoms with E-state index in [0.717, 1.165) is 21.7 Å². The first-order chi connectivity index (χ1) is 8.27. The van der Waals surface area contributed by atoms with Crippen molar-refractivity contribution in [3.05, 3.63) is 48.7 Å². The minimum absolute atomic E-state index is 0.520. The van der Waals surface area contributed by atoms with Gasteiger partial charge in [-0.1, -0.05) is 30.3 Å². The lowest BCUT2D eigenvalue weighted by molar-refractivity contribution is 0.426. The minimum atomic E-state index is -1.49. The van der Waals surface area contributed by atoms with Crippen molar-refractivity contribution in [2.45, 2.75) is 0 Å². The first-order valence-electron chi connectivity index (χ1n) is 5.40. The maximum Gasteiger partial charge on any atom is 0.489 e. The van der Waals surface area contributed by atoms with Gasteiger partial charge in [-0.15, -0.1) is 0 Å². The molecule has 0 spiro atoms. The molecule has 0 aliphatic rings. The van der Waals surface area contributed by atoms with Crippen LogP contribution in [0, 0.1) is 0 Å². The van der Waals surface area contributed by atoms with Gasteiger partial charge >= 0.3 is 7.12 Å². The van der Waals surface area contributed by atoms with Crippen molar-refractivity contribution < 1.29 is 10.0 Å². The van der Waals surface area contributed by atoms with E-state index in [-0.39, 0.29) is 0 Å². The molecule has 1 heterocycles. The van der Waals surface area contributed by atoms with Gasteiger partial charge in [0.2, 0.25) is 0 Å². The Labute approximate surface area is 98.5 Å². The molecule has 17 heavy (non-hydrogen) atoms. The van der Waals surface area contributed by atoms with Gasteiger partial charge in [-0.05, 0) is 28.4 Å². The van der Waals surface area contributed by atoms with Crippen LogP contribution in [0.2, 0.25) is 0 Å². The number of benzene rings is 2. The van der Waals surface area contributed by atoms with Crippen molar-refractivity contribution >= 4 is 34.3 Å². The van der Waals surface area contributed by atoms with Crippen LogP contribution < -0.4 is 5.46 Å². The molecule has 0 bridgehead atoms. The third kappa shape index (κ3) is 1.58. The molecule has 2 N–H and O–H groups in total. The Bertz CT molecular complexity index is 643. The summed E-state index contributed by atoms with van der Waals surface area (Å²) in [6, 6.07) is 13.2. The number of pyridine rings is 1. The summed E-state index contributed by atoms with van der Waals surface area (Å²) in [5.41, 5.74) is 1.29. The van der Waals surface area contributed by atoms with Gasteiger partial charge < -0.3 is 10.0 Å². The Morgan fingerprint density at radius 3 is 2.53 bits per heavy atom. The van der Waals surface area contributed by atoms with Crippen LogP contribution in [-0.2, 0) is 0 Å². The molecular weight excluding hydrogens is 213 g/mol. The topological polar surface area (TPSA) is 53.4 Å². The van der Waals surface area contributed by atoms with Gasteiger partial charge in [0.05, 0.1) is 5.52 Å². The number of fused-ring (bicyclic) bond motifs is 2. The van der Waals surface area contributed by atoms with E-state index in [9.17, 15) is 10.0 Å². The Hall–Kier alpha value is -1.91. The Balaban J connectivity index is 2.56. The predicted octanol–water partition coefficient (Wildman–Crippen LogP) is 1.07. The van der Waals surface area contributed by atoms with Gasteiger partial charge in [-0.2, -0.15) is 0 Å². The zero-order chi connectivity index (χ0) is 11.8. The second-order valence-corrected chi connectivity index (χ2v) is 3.96. The number of aromatic nitrogens is 1. The summed E-state index contributed by atoms with van der Waals surface area (Å²) in [4.78, 5) is 4.25. The van der Waals surface area contributed by atoms with Crippen LogP contribution >= 0.6 is 0 Å². The molecule has 4 heteroatoms. The lowest BCUT2D eigenvalue weighted by atomic mass is 9.74. The fraction of sp³-hybridized carbons (Fsp3) is 0. The predicted molar refractivity (Wildman–Crippen MR) is 69.1 cm³/mol. The van der Waals surface area contributed by atoms with E-state index in [2.05, 4.69) is 4.98 Å². The summed E-state index contributed by atoms with van der Waals surface area (Å²) in [7, 11) is -1.49. The maximum absolute atomic E-state index is 9.55. The van der Waals surface area contributed by atoms with Crippen LogP contribution in [0.15, 0.2) is 48.7 Å². The summed E-state index contributed by atoms with van der Waals surface area (Å²) in [5, 5.41) is 21.7. The largest absolute Gasteiger partial charge is 0.489 e. The molecule has 0 saturated heterocycles. The quantitative estimate of drug-likeness (QED) is 0.479. The SMILES string of the molecule is OB(O)c1c2ccccc2cc2ncccc12. The highest BCUT2D eigenvalue weighted by atomic mass is 16.4. The maximum atomic E-state index is 9.55. The zero-order valence-electron chi connectivity index (χ0n) is 9.04. The highest BCUT2D eigenvalue weighted by molar-refractivity contribution is 6.65. The number of hydrogen-bond acceptors (Lipinski definition) is 3. The van der Waals surface area contributed by atoms with E-state index in [4.69, 9.17) is 0 Å². The van der Waals surface area contributed by atoms with E-state index in [1.54, 1.807) is 12.3 Å². The average Bonchev–Trinajstić information content (AvgIpc) is 2.35. The molecule has 3 aromatic rings.